The monoisotopic (exact) mass is 449 g/mol. The van der Waals surface area contributed by atoms with Crippen molar-refractivity contribution in [3.8, 4) is 11.5 Å². The average molecular weight is 450 g/mol. The molecule has 2 fully saturated rings. The highest BCUT2D eigenvalue weighted by Gasteiger charge is 2.49. The zero-order valence-corrected chi connectivity index (χ0v) is 18.5. The van der Waals surface area contributed by atoms with Crippen molar-refractivity contribution < 1.29 is 27.4 Å². The molecule has 0 amide bonds. The van der Waals surface area contributed by atoms with Crippen LogP contribution in [0.4, 0.5) is 13.2 Å². The van der Waals surface area contributed by atoms with Crippen molar-refractivity contribution in [1.29, 1.82) is 0 Å². The summed E-state index contributed by atoms with van der Waals surface area (Å²) in [7, 11) is 0. The van der Waals surface area contributed by atoms with Gasteiger partial charge in [0.25, 0.3) is 0 Å². The molecule has 7 heteroatoms. The molecule has 0 unspecified atom stereocenters. The van der Waals surface area contributed by atoms with Crippen LogP contribution in [0.25, 0.3) is 0 Å². The van der Waals surface area contributed by atoms with E-state index in [4.69, 9.17) is 14.2 Å². The van der Waals surface area contributed by atoms with Gasteiger partial charge < -0.3 is 19.5 Å². The molecular weight excluding hydrogens is 419 g/mol. The number of benzene rings is 2. The number of piperidine rings is 1. The van der Waals surface area contributed by atoms with Gasteiger partial charge in [-0.1, -0.05) is 30.3 Å². The normalized spacial score (nSPS) is 25.9. The molecule has 2 aliphatic heterocycles. The van der Waals surface area contributed by atoms with Crippen molar-refractivity contribution in [2.45, 2.75) is 63.0 Å². The van der Waals surface area contributed by atoms with Crippen LogP contribution in [0.1, 0.15) is 56.2 Å². The molecule has 0 aliphatic carbocycles. The molecule has 3 atom stereocenters. The lowest BCUT2D eigenvalue weighted by Gasteiger charge is -2.41. The average Bonchev–Trinajstić information content (AvgIpc) is 3.17. The largest absolute Gasteiger partial charge is 0.491 e. The molecule has 2 aromatic carbocycles. The zero-order chi connectivity index (χ0) is 22.8. The number of hydrogen-bond donors (Lipinski definition) is 1. The van der Waals surface area contributed by atoms with Crippen LogP contribution in [-0.4, -0.2) is 37.6 Å². The maximum Gasteiger partial charge on any atom is 0.422 e. The SMILES string of the molecule is CC(C)Oc1ccc(OCC(F)(F)F)cc1[C@@H]1CO[C@]2(CCCN[C@H]2c2ccccc2)C1. The highest BCUT2D eigenvalue weighted by Crippen LogP contribution is 2.50. The fourth-order valence-corrected chi connectivity index (χ4v) is 4.87. The number of ether oxygens (including phenoxy) is 3. The summed E-state index contributed by atoms with van der Waals surface area (Å²) in [5.74, 6) is 0.866. The minimum absolute atomic E-state index is 0.00398. The van der Waals surface area contributed by atoms with Crippen LogP contribution < -0.4 is 14.8 Å². The summed E-state index contributed by atoms with van der Waals surface area (Å²) < 4.78 is 55.5. The number of halogens is 3. The van der Waals surface area contributed by atoms with Crippen molar-refractivity contribution in [3.63, 3.8) is 0 Å². The number of alkyl halides is 3. The molecule has 4 nitrogen and oxygen atoms in total. The van der Waals surface area contributed by atoms with E-state index < -0.39 is 12.8 Å². The Kier molecular flexibility index (Phi) is 6.67. The Bertz CT molecular complexity index is 903. The van der Waals surface area contributed by atoms with Gasteiger partial charge in [0.15, 0.2) is 6.61 Å². The van der Waals surface area contributed by atoms with Crippen molar-refractivity contribution in [2.75, 3.05) is 19.8 Å². The van der Waals surface area contributed by atoms with Crippen LogP contribution in [0.15, 0.2) is 48.5 Å². The molecule has 32 heavy (non-hydrogen) atoms. The summed E-state index contributed by atoms with van der Waals surface area (Å²) >= 11 is 0. The van der Waals surface area contributed by atoms with Crippen LogP contribution in [0.5, 0.6) is 11.5 Å². The zero-order valence-electron chi connectivity index (χ0n) is 18.5. The van der Waals surface area contributed by atoms with Gasteiger partial charge in [-0.15, -0.1) is 0 Å². The summed E-state index contributed by atoms with van der Waals surface area (Å²) in [6, 6.07) is 15.3. The number of rotatable bonds is 6. The Hall–Kier alpha value is -2.25. The van der Waals surface area contributed by atoms with Crippen molar-refractivity contribution in [3.05, 3.63) is 59.7 Å². The quantitative estimate of drug-likeness (QED) is 0.607. The van der Waals surface area contributed by atoms with Crippen molar-refractivity contribution in [1.82, 2.24) is 5.32 Å². The summed E-state index contributed by atoms with van der Waals surface area (Å²) in [6.07, 6.45) is -1.73. The predicted molar refractivity (Wildman–Crippen MR) is 116 cm³/mol. The fraction of sp³-hybridized carbons (Fsp3) is 0.520. The molecule has 0 saturated carbocycles. The fourth-order valence-electron chi connectivity index (χ4n) is 4.87. The third-order valence-corrected chi connectivity index (χ3v) is 6.13. The number of nitrogens with one attached hydrogen (secondary N) is 1. The molecule has 174 valence electrons. The highest BCUT2D eigenvalue weighted by molar-refractivity contribution is 5.44. The molecule has 2 saturated heterocycles. The molecular formula is C25H30F3NO3. The molecule has 0 aromatic heterocycles. The number of hydrogen-bond acceptors (Lipinski definition) is 4. The van der Waals surface area contributed by atoms with E-state index in [1.165, 1.54) is 11.6 Å². The second-order valence-electron chi connectivity index (χ2n) is 8.95. The predicted octanol–water partition coefficient (Wildman–Crippen LogP) is 5.78. The molecule has 2 aromatic rings. The lowest BCUT2D eigenvalue weighted by Crippen LogP contribution is -2.48. The van der Waals surface area contributed by atoms with Crippen LogP contribution in [-0.2, 0) is 4.74 Å². The maximum atomic E-state index is 12.7. The Balaban J connectivity index is 1.61. The Labute approximate surface area is 187 Å². The van der Waals surface area contributed by atoms with E-state index in [-0.39, 0.29) is 29.4 Å². The van der Waals surface area contributed by atoms with Crippen LogP contribution in [0, 0.1) is 0 Å². The van der Waals surface area contributed by atoms with E-state index in [1.807, 2.05) is 32.0 Å². The van der Waals surface area contributed by atoms with Gasteiger partial charge in [-0.2, -0.15) is 13.2 Å². The summed E-state index contributed by atoms with van der Waals surface area (Å²) in [5.41, 5.74) is 1.67. The van der Waals surface area contributed by atoms with E-state index in [1.54, 1.807) is 12.1 Å². The Morgan fingerprint density at radius 1 is 1.16 bits per heavy atom. The third-order valence-electron chi connectivity index (χ3n) is 6.13. The standard InChI is InChI=1S/C25H30F3NO3/c1-17(2)32-22-10-9-20(30-16-25(26,27)28)13-21(22)19-14-24(31-15-19)11-6-12-29-23(24)18-7-4-3-5-8-18/h3-5,7-10,13,17,19,23,29H,6,11-12,14-16H2,1-2H3/t19-,23-,24+/m0/s1. The summed E-state index contributed by atoms with van der Waals surface area (Å²) in [4.78, 5) is 0. The van der Waals surface area contributed by atoms with Gasteiger partial charge in [-0.05, 0) is 63.4 Å². The molecule has 0 bridgehead atoms. The summed E-state index contributed by atoms with van der Waals surface area (Å²) in [5, 5.41) is 3.63. The van der Waals surface area contributed by atoms with Crippen molar-refractivity contribution in [2.24, 2.45) is 0 Å². The molecule has 1 spiro atoms. The second-order valence-corrected chi connectivity index (χ2v) is 8.95. The molecule has 0 radical (unpaired) electrons. The van der Waals surface area contributed by atoms with Crippen LogP contribution in [0.2, 0.25) is 0 Å². The summed E-state index contributed by atoms with van der Waals surface area (Å²) in [6.45, 7) is 3.96. The van der Waals surface area contributed by atoms with Gasteiger partial charge in [-0.3, -0.25) is 0 Å². The molecule has 1 N–H and O–H groups in total. The molecule has 2 heterocycles. The van der Waals surface area contributed by atoms with E-state index in [2.05, 4.69) is 17.4 Å². The second kappa shape index (κ2) is 9.32. The lowest BCUT2D eigenvalue weighted by molar-refractivity contribution is -0.153. The minimum Gasteiger partial charge on any atom is -0.491 e. The van der Waals surface area contributed by atoms with Crippen molar-refractivity contribution >= 4 is 0 Å². The topological polar surface area (TPSA) is 39.7 Å². The maximum absolute atomic E-state index is 12.7. The first-order valence-corrected chi connectivity index (χ1v) is 11.2. The first-order chi connectivity index (χ1) is 15.3. The van der Waals surface area contributed by atoms with E-state index in [9.17, 15) is 13.2 Å². The van der Waals surface area contributed by atoms with Crippen LogP contribution >= 0.6 is 0 Å². The Morgan fingerprint density at radius 3 is 2.66 bits per heavy atom. The van der Waals surface area contributed by atoms with E-state index in [0.717, 1.165) is 31.4 Å². The third kappa shape index (κ3) is 5.21. The first kappa shape index (κ1) is 22.9. The van der Waals surface area contributed by atoms with Gasteiger partial charge in [0.05, 0.1) is 24.4 Å². The highest BCUT2D eigenvalue weighted by atomic mass is 19.4. The Morgan fingerprint density at radius 2 is 1.94 bits per heavy atom. The van der Waals surface area contributed by atoms with Gasteiger partial charge in [0.2, 0.25) is 0 Å². The first-order valence-electron chi connectivity index (χ1n) is 11.2. The van der Waals surface area contributed by atoms with Gasteiger partial charge in [-0.25, -0.2) is 0 Å². The van der Waals surface area contributed by atoms with Gasteiger partial charge in [0.1, 0.15) is 11.5 Å². The van der Waals surface area contributed by atoms with Crippen LogP contribution in [0.3, 0.4) is 0 Å². The van der Waals surface area contributed by atoms with E-state index in [0.29, 0.717) is 12.4 Å². The minimum atomic E-state index is -4.38. The molecule has 2 aliphatic rings. The van der Waals surface area contributed by atoms with Gasteiger partial charge in [0, 0.05) is 11.5 Å². The molecule has 4 rings (SSSR count). The lowest BCUT2D eigenvalue weighted by atomic mass is 9.77. The smallest absolute Gasteiger partial charge is 0.422 e. The van der Waals surface area contributed by atoms with Gasteiger partial charge >= 0.3 is 6.18 Å². The van der Waals surface area contributed by atoms with E-state index >= 15 is 0 Å².